The van der Waals surface area contributed by atoms with E-state index in [2.05, 4.69) is 20.7 Å². The summed E-state index contributed by atoms with van der Waals surface area (Å²) in [5, 5.41) is 11.5. The van der Waals surface area contributed by atoms with E-state index in [1.807, 2.05) is 4.68 Å². The predicted molar refractivity (Wildman–Crippen MR) is 74.5 cm³/mol. The molecule has 5 nitrogen and oxygen atoms in total. The van der Waals surface area contributed by atoms with E-state index in [0.29, 0.717) is 0 Å². The van der Waals surface area contributed by atoms with E-state index in [4.69, 9.17) is 0 Å². The van der Waals surface area contributed by atoms with Crippen LogP contribution in [0.25, 0.3) is 0 Å². The lowest BCUT2D eigenvalue weighted by Gasteiger charge is -2.26. The zero-order valence-electron chi connectivity index (χ0n) is 11.1. The van der Waals surface area contributed by atoms with Gasteiger partial charge < -0.3 is 10.6 Å². The fourth-order valence-electron chi connectivity index (χ4n) is 3.04. The van der Waals surface area contributed by atoms with Crippen LogP contribution in [0.1, 0.15) is 30.1 Å². The van der Waals surface area contributed by atoms with Crippen LogP contribution in [-0.4, -0.2) is 27.9 Å². The molecule has 4 heterocycles. The lowest BCUT2D eigenvalue weighted by molar-refractivity contribution is 0.470. The van der Waals surface area contributed by atoms with Gasteiger partial charge in [-0.05, 0) is 31.4 Å². The Kier molecular flexibility index (Phi) is 2.61. The Balaban J connectivity index is 1.78. The third-order valence-electron chi connectivity index (χ3n) is 4.00. The lowest BCUT2D eigenvalue weighted by Crippen LogP contribution is -2.25. The fraction of sp³-hybridized carbons (Fsp3) is 0.429. The highest BCUT2D eigenvalue weighted by Crippen LogP contribution is 2.36. The van der Waals surface area contributed by atoms with Crippen LogP contribution in [0.2, 0.25) is 0 Å². The van der Waals surface area contributed by atoms with E-state index >= 15 is 0 Å². The molecule has 2 aromatic rings. The number of anilines is 2. The smallest absolute Gasteiger partial charge is 0.153 e. The number of halogens is 1. The molecule has 2 N–H and O–H groups in total. The summed E-state index contributed by atoms with van der Waals surface area (Å²) in [6.07, 6.45) is 4.37. The third kappa shape index (κ3) is 1.75. The maximum atomic E-state index is 13.0. The molecule has 2 aromatic heterocycles. The van der Waals surface area contributed by atoms with Gasteiger partial charge >= 0.3 is 0 Å². The van der Waals surface area contributed by atoms with Crippen LogP contribution in [0.5, 0.6) is 0 Å². The SMILES string of the molecule is Fc1ccc(C2CCNc3c4c(nn32)NCCC4)nc1. The Morgan fingerprint density at radius 2 is 2.20 bits per heavy atom. The van der Waals surface area contributed by atoms with Gasteiger partial charge in [-0.3, -0.25) is 4.98 Å². The van der Waals surface area contributed by atoms with Gasteiger partial charge in [0.25, 0.3) is 0 Å². The maximum Gasteiger partial charge on any atom is 0.153 e. The summed E-state index contributed by atoms with van der Waals surface area (Å²) in [6, 6.07) is 3.30. The van der Waals surface area contributed by atoms with Crippen molar-refractivity contribution in [2.75, 3.05) is 23.7 Å². The largest absolute Gasteiger partial charge is 0.370 e. The van der Waals surface area contributed by atoms with Crippen LogP contribution in [0.4, 0.5) is 16.0 Å². The quantitative estimate of drug-likeness (QED) is 0.836. The highest BCUT2D eigenvalue weighted by molar-refractivity contribution is 5.61. The first-order chi connectivity index (χ1) is 9.83. The first-order valence-electron chi connectivity index (χ1n) is 7.03. The Hall–Kier alpha value is -2.11. The number of fused-ring (bicyclic) bond motifs is 3. The second-order valence-electron chi connectivity index (χ2n) is 5.28. The van der Waals surface area contributed by atoms with Crippen molar-refractivity contribution in [2.24, 2.45) is 0 Å². The van der Waals surface area contributed by atoms with E-state index in [9.17, 15) is 4.39 Å². The summed E-state index contributed by atoms with van der Waals surface area (Å²) in [7, 11) is 0. The molecule has 4 rings (SSSR count). The molecule has 2 aliphatic rings. The van der Waals surface area contributed by atoms with E-state index < -0.39 is 0 Å². The van der Waals surface area contributed by atoms with Gasteiger partial charge in [-0.25, -0.2) is 9.07 Å². The van der Waals surface area contributed by atoms with Crippen LogP contribution in [-0.2, 0) is 6.42 Å². The van der Waals surface area contributed by atoms with E-state index in [-0.39, 0.29) is 11.9 Å². The van der Waals surface area contributed by atoms with Crippen LogP contribution >= 0.6 is 0 Å². The molecule has 0 amide bonds. The number of hydrogen-bond donors (Lipinski definition) is 2. The average Bonchev–Trinajstić information content (AvgIpc) is 2.87. The molecule has 2 aliphatic heterocycles. The minimum absolute atomic E-state index is 0.0826. The highest BCUT2D eigenvalue weighted by atomic mass is 19.1. The molecule has 0 radical (unpaired) electrons. The zero-order chi connectivity index (χ0) is 13.5. The highest BCUT2D eigenvalue weighted by Gasteiger charge is 2.29. The molecule has 0 aliphatic carbocycles. The summed E-state index contributed by atoms with van der Waals surface area (Å²) in [4.78, 5) is 4.22. The Morgan fingerprint density at radius 3 is 3.05 bits per heavy atom. The van der Waals surface area contributed by atoms with Crippen molar-refractivity contribution in [3.05, 3.63) is 35.4 Å². The van der Waals surface area contributed by atoms with Crippen LogP contribution in [0, 0.1) is 5.82 Å². The summed E-state index contributed by atoms with van der Waals surface area (Å²) in [5.74, 6) is 1.77. The second kappa shape index (κ2) is 4.47. The average molecular weight is 273 g/mol. The molecule has 0 spiro atoms. The topological polar surface area (TPSA) is 54.8 Å². The molecule has 0 saturated carbocycles. The van der Waals surface area contributed by atoms with Crippen LogP contribution in [0.3, 0.4) is 0 Å². The van der Waals surface area contributed by atoms with Crippen molar-refractivity contribution in [3.63, 3.8) is 0 Å². The molecule has 0 aromatic carbocycles. The molecule has 104 valence electrons. The number of rotatable bonds is 1. The number of nitrogens with one attached hydrogen (secondary N) is 2. The van der Waals surface area contributed by atoms with Crippen molar-refractivity contribution in [2.45, 2.75) is 25.3 Å². The first-order valence-corrected chi connectivity index (χ1v) is 7.03. The van der Waals surface area contributed by atoms with Gasteiger partial charge in [0, 0.05) is 18.7 Å². The monoisotopic (exact) mass is 273 g/mol. The van der Waals surface area contributed by atoms with Gasteiger partial charge in [-0.15, -0.1) is 0 Å². The van der Waals surface area contributed by atoms with E-state index in [0.717, 1.165) is 49.7 Å². The second-order valence-corrected chi connectivity index (χ2v) is 5.28. The third-order valence-corrected chi connectivity index (χ3v) is 4.00. The Morgan fingerprint density at radius 1 is 1.25 bits per heavy atom. The lowest BCUT2D eigenvalue weighted by atomic mass is 10.1. The van der Waals surface area contributed by atoms with Gasteiger partial charge in [-0.2, -0.15) is 5.10 Å². The van der Waals surface area contributed by atoms with Gasteiger partial charge in [0.15, 0.2) is 5.82 Å². The zero-order valence-corrected chi connectivity index (χ0v) is 11.1. The Labute approximate surface area is 116 Å². The minimum Gasteiger partial charge on any atom is -0.370 e. The number of nitrogens with zero attached hydrogens (tertiary/aromatic N) is 3. The standard InChI is InChI=1S/C14H16FN5/c15-9-3-4-11(18-8-9)12-5-7-17-14-10-2-1-6-16-13(10)19-20(12)14/h3-4,8,12,17H,1-2,5-7H2,(H,16,19). The minimum atomic E-state index is -0.302. The molecular weight excluding hydrogens is 257 g/mol. The number of pyridine rings is 1. The van der Waals surface area contributed by atoms with Crippen molar-refractivity contribution in [1.82, 2.24) is 14.8 Å². The van der Waals surface area contributed by atoms with E-state index in [1.165, 1.54) is 17.8 Å². The molecule has 20 heavy (non-hydrogen) atoms. The Bertz CT molecular complexity index is 634. The summed E-state index contributed by atoms with van der Waals surface area (Å²) >= 11 is 0. The summed E-state index contributed by atoms with van der Waals surface area (Å²) in [6.45, 7) is 1.87. The van der Waals surface area contributed by atoms with Gasteiger partial charge in [0.05, 0.1) is 17.9 Å². The van der Waals surface area contributed by atoms with Crippen molar-refractivity contribution in [3.8, 4) is 0 Å². The first kappa shape index (κ1) is 11.7. The number of aromatic nitrogens is 3. The normalized spacial score (nSPS) is 20.6. The van der Waals surface area contributed by atoms with Gasteiger partial charge in [0.1, 0.15) is 11.6 Å². The van der Waals surface area contributed by atoms with Crippen molar-refractivity contribution >= 4 is 11.6 Å². The van der Waals surface area contributed by atoms with Crippen molar-refractivity contribution in [1.29, 1.82) is 0 Å². The molecule has 0 saturated heterocycles. The molecular formula is C14H16FN5. The predicted octanol–water partition coefficient (Wildman–Crippen LogP) is 2.18. The van der Waals surface area contributed by atoms with Crippen molar-refractivity contribution < 1.29 is 4.39 Å². The van der Waals surface area contributed by atoms with E-state index in [1.54, 1.807) is 6.07 Å². The van der Waals surface area contributed by atoms with Crippen LogP contribution in [0.15, 0.2) is 18.3 Å². The fourth-order valence-corrected chi connectivity index (χ4v) is 3.04. The van der Waals surface area contributed by atoms with Gasteiger partial charge in [-0.1, -0.05) is 0 Å². The molecule has 0 fully saturated rings. The summed E-state index contributed by atoms with van der Waals surface area (Å²) in [5.41, 5.74) is 2.14. The molecule has 0 bridgehead atoms. The van der Waals surface area contributed by atoms with Gasteiger partial charge in [0.2, 0.25) is 0 Å². The maximum absolute atomic E-state index is 13.0. The molecule has 6 heteroatoms. The van der Waals surface area contributed by atoms with Crippen LogP contribution < -0.4 is 10.6 Å². The number of hydrogen-bond acceptors (Lipinski definition) is 4. The molecule has 1 unspecified atom stereocenters. The summed E-state index contributed by atoms with van der Waals surface area (Å²) < 4.78 is 15.0. The molecule has 1 atom stereocenters.